The lowest BCUT2D eigenvalue weighted by Crippen LogP contribution is -2.16. The Balaban J connectivity index is 1.79. The molecule has 1 aromatic carbocycles. The summed E-state index contributed by atoms with van der Waals surface area (Å²) in [6, 6.07) is 4.34. The summed E-state index contributed by atoms with van der Waals surface area (Å²) in [6.07, 6.45) is 2.49. The number of carbonyl (C=O) groups is 3. The van der Waals surface area contributed by atoms with Gasteiger partial charge in [0.25, 0.3) is 5.78 Å². The maximum Gasteiger partial charge on any atom is 0.338 e. The first kappa shape index (κ1) is 25.2. The Labute approximate surface area is 201 Å². The van der Waals surface area contributed by atoms with Gasteiger partial charge in [-0.2, -0.15) is 4.98 Å². The molecule has 180 valence electrons. The van der Waals surface area contributed by atoms with Gasteiger partial charge in [-0.25, -0.2) is 19.1 Å². The topological polar surface area (TPSA) is 125 Å². The van der Waals surface area contributed by atoms with Crippen molar-refractivity contribution in [3.05, 3.63) is 46.3 Å². The molecule has 1 amide bonds. The molecule has 0 aliphatic heterocycles. The molecule has 34 heavy (non-hydrogen) atoms. The molecule has 0 bridgehead atoms. The number of anilines is 1. The molecule has 1 N–H and O–H groups in total. The van der Waals surface area contributed by atoms with Gasteiger partial charge in [-0.15, -0.1) is 5.10 Å². The minimum absolute atomic E-state index is 0.153. The fourth-order valence-corrected chi connectivity index (χ4v) is 3.80. The summed E-state index contributed by atoms with van der Waals surface area (Å²) in [5, 5.41) is 7.82. The Kier molecular flexibility index (Phi) is 8.21. The molecule has 0 saturated heterocycles. The number of amides is 1. The fourth-order valence-electron chi connectivity index (χ4n) is 3.46. The van der Waals surface area contributed by atoms with Gasteiger partial charge in [0.05, 0.1) is 24.3 Å². The molecule has 10 nitrogen and oxygen atoms in total. The SMILES string of the molecule is CCOC(=O)c1cc(NC(=O)CCc2c(C)nc3nc(SC)nn3c2C)cc(C(=O)OCC)c1. The van der Waals surface area contributed by atoms with Crippen molar-refractivity contribution in [2.75, 3.05) is 24.8 Å². The Morgan fingerprint density at radius 1 is 1.00 bits per heavy atom. The molecule has 2 aromatic heterocycles. The third kappa shape index (κ3) is 5.71. The van der Waals surface area contributed by atoms with Gasteiger partial charge in [-0.1, -0.05) is 11.8 Å². The summed E-state index contributed by atoms with van der Waals surface area (Å²) >= 11 is 1.43. The van der Waals surface area contributed by atoms with Gasteiger partial charge >= 0.3 is 11.9 Å². The van der Waals surface area contributed by atoms with Crippen LogP contribution in [0.25, 0.3) is 5.78 Å². The third-order valence-electron chi connectivity index (χ3n) is 5.05. The van der Waals surface area contributed by atoms with Crippen LogP contribution in [0.1, 0.15) is 57.9 Å². The number of rotatable bonds is 9. The van der Waals surface area contributed by atoms with Crippen molar-refractivity contribution in [3.63, 3.8) is 0 Å². The molecule has 11 heteroatoms. The van der Waals surface area contributed by atoms with E-state index in [0.717, 1.165) is 17.0 Å². The van der Waals surface area contributed by atoms with E-state index in [1.54, 1.807) is 18.4 Å². The zero-order valence-corrected chi connectivity index (χ0v) is 20.6. The van der Waals surface area contributed by atoms with Crippen LogP contribution in [-0.2, 0) is 20.7 Å². The second kappa shape index (κ2) is 11.1. The van der Waals surface area contributed by atoms with Crippen LogP contribution in [0.4, 0.5) is 5.69 Å². The molecule has 0 aliphatic rings. The van der Waals surface area contributed by atoms with E-state index in [4.69, 9.17) is 9.47 Å². The number of nitrogens with one attached hydrogen (secondary N) is 1. The normalized spacial score (nSPS) is 10.9. The highest BCUT2D eigenvalue weighted by atomic mass is 32.2. The van der Waals surface area contributed by atoms with Crippen LogP contribution < -0.4 is 5.32 Å². The Morgan fingerprint density at radius 3 is 2.18 bits per heavy atom. The standard InChI is InChI=1S/C23H27N5O5S/c1-6-32-20(30)15-10-16(21(31)33-7-2)12-17(11-15)25-19(29)9-8-18-13(3)24-22-26-23(34-5)27-28(22)14(18)4/h10-12H,6-9H2,1-5H3,(H,25,29). The van der Waals surface area contributed by atoms with Crippen LogP contribution in [0, 0.1) is 13.8 Å². The number of benzene rings is 1. The van der Waals surface area contributed by atoms with Gasteiger partial charge < -0.3 is 14.8 Å². The van der Waals surface area contributed by atoms with Crippen LogP contribution >= 0.6 is 11.8 Å². The second-order valence-corrected chi connectivity index (χ2v) is 8.13. The van der Waals surface area contributed by atoms with Gasteiger partial charge in [-0.05, 0) is 64.1 Å². The molecular weight excluding hydrogens is 458 g/mol. The van der Waals surface area contributed by atoms with Crippen molar-refractivity contribution in [2.45, 2.75) is 45.7 Å². The molecule has 0 aliphatic carbocycles. The number of nitrogens with zero attached hydrogens (tertiary/aromatic N) is 4. The highest BCUT2D eigenvalue weighted by Crippen LogP contribution is 2.20. The molecule has 2 heterocycles. The van der Waals surface area contributed by atoms with E-state index in [9.17, 15) is 14.4 Å². The lowest BCUT2D eigenvalue weighted by molar-refractivity contribution is -0.116. The first-order valence-corrected chi connectivity index (χ1v) is 12.1. The van der Waals surface area contributed by atoms with Crippen molar-refractivity contribution < 1.29 is 23.9 Å². The van der Waals surface area contributed by atoms with Crippen LogP contribution in [0.15, 0.2) is 23.4 Å². The van der Waals surface area contributed by atoms with Gasteiger partial charge in [0.1, 0.15) is 0 Å². The zero-order valence-electron chi connectivity index (χ0n) is 19.8. The molecule has 3 aromatic rings. The van der Waals surface area contributed by atoms with Crippen molar-refractivity contribution in [1.29, 1.82) is 0 Å². The summed E-state index contributed by atoms with van der Waals surface area (Å²) in [4.78, 5) is 46.1. The maximum atomic E-state index is 12.7. The Morgan fingerprint density at radius 2 is 1.62 bits per heavy atom. The molecular formula is C23H27N5O5S. The van der Waals surface area contributed by atoms with Crippen LogP contribution in [0.2, 0.25) is 0 Å². The summed E-state index contributed by atoms with van der Waals surface area (Å²) in [7, 11) is 0. The van der Waals surface area contributed by atoms with Crippen LogP contribution in [0.3, 0.4) is 0 Å². The molecule has 0 atom stereocenters. The molecule has 0 spiro atoms. The Bertz CT molecular complexity index is 1200. The smallest absolute Gasteiger partial charge is 0.338 e. The van der Waals surface area contributed by atoms with E-state index in [1.807, 2.05) is 20.1 Å². The first-order valence-electron chi connectivity index (χ1n) is 10.8. The minimum atomic E-state index is -0.591. The Hall–Kier alpha value is -3.47. The number of fused-ring (bicyclic) bond motifs is 1. The number of carbonyl (C=O) groups excluding carboxylic acids is 3. The number of hydrogen-bond acceptors (Lipinski definition) is 9. The van der Waals surface area contributed by atoms with Gasteiger partial charge in [-0.3, -0.25) is 4.79 Å². The quantitative estimate of drug-likeness (QED) is 0.359. The lowest BCUT2D eigenvalue weighted by atomic mass is 10.1. The van der Waals surface area contributed by atoms with E-state index in [2.05, 4.69) is 20.4 Å². The predicted octanol–water partition coefficient (Wildman–Crippen LogP) is 3.39. The van der Waals surface area contributed by atoms with Crippen LogP contribution in [0.5, 0.6) is 0 Å². The minimum Gasteiger partial charge on any atom is -0.462 e. The molecule has 3 rings (SSSR count). The van der Waals surface area contributed by atoms with Gasteiger partial charge in [0.15, 0.2) is 0 Å². The molecule has 0 radical (unpaired) electrons. The average molecular weight is 486 g/mol. The first-order chi connectivity index (χ1) is 16.3. The summed E-state index contributed by atoms with van der Waals surface area (Å²) in [5.41, 5.74) is 3.18. The van der Waals surface area contributed by atoms with Crippen molar-refractivity contribution in [3.8, 4) is 0 Å². The summed E-state index contributed by atoms with van der Waals surface area (Å²) in [6.45, 7) is 7.54. The molecule has 0 fully saturated rings. The summed E-state index contributed by atoms with van der Waals surface area (Å²) in [5.74, 6) is -0.938. The van der Waals surface area contributed by atoms with E-state index >= 15 is 0 Å². The summed E-state index contributed by atoms with van der Waals surface area (Å²) < 4.78 is 11.7. The van der Waals surface area contributed by atoms with Crippen molar-refractivity contribution in [1.82, 2.24) is 19.6 Å². The maximum absolute atomic E-state index is 12.7. The van der Waals surface area contributed by atoms with E-state index in [-0.39, 0.29) is 36.7 Å². The molecule has 0 saturated carbocycles. The zero-order chi connectivity index (χ0) is 24.8. The van der Waals surface area contributed by atoms with Gasteiger partial charge in [0.2, 0.25) is 11.1 Å². The van der Waals surface area contributed by atoms with Crippen LogP contribution in [-0.4, -0.2) is 56.9 Å². The second-order valence-electron chi connectivity index (χ2n) is 7.36. The van der Waals surface area contributed by atoms with E-state index in [0.29, 0.717) is 23.0 Å². The fraction of sp³-hybridized carbons (Fsp3) is 0.391. The number of thioether (sulfide) groups is 1. The molecule has 0 unspecified atom stereocenters. The van der Waals surface area contributed by atoms with Gasteiger partial charge in [0, 0.05) is 23.5 Å². The van der Waals surface area contributed by atoms with E-state index < -0.39 is 11.9 Å². The third-order valence-corrected chi connectivity index (χ3v) is 5.59. The number of aromatic nitrogens is 4. The largest absolute Gasteiger partial charge is 0.462 e. The number of aryl methyl sites for hydroxylation is 2. The highest BCUT2D eigenvalue weighted by Gasteiger charge is 2.17. The highest BCUT2D eigenvalue weighted by molar-refractivity contribution is 7.98. The number of ether oxygens (including phenoxy) is 2. The number of hydrogen-bond donors (Lipinski definition) is 1. The van der Waals surface area contributed by atoms with E-state index in [1.165, 1.54) is 30.0 Å². The lowest BCUT2D eigenvalue weighted by Gasteiger charge is -2.12. The van der Waals surface area contributed by atoms with Crippen molar-refractivity contribution in [2.24, 2.45) is 0 Å². The monoisotopic (exact) mass is 485 g/mol. The average Bonchev–Trinajstić information content (AvgIpc) is 3.22. The number of esters is 2. The predicted molar refractivity (Wildman–Crippen MR) is 127 cm³/mol. The van der Waals surface area contributed by atoms with Crippen molar-refractivity contribution >= 4 is 41.1 Å².